The van der Waals surface area contributed by atoms with E-state index in [0.29, 0.717) is 12.3 Å². The number of imidazole rings is 1. The van der Waals surface area contributed by atoms with Crippen LogP contribution in [0, 0.1) is 0 Å². The average Bonchev–Trinajstić information content (AvgIpc) is 2.61. The monoisotopic (exact) mass is 211 g/mol. The fourth-order valence-electron chi connectivity index (χ4n) is 1.03. The summed E-state index contributed by atoms with van der Waals surface area (Å²) in [5.41, 5.74) is 0.402. The molecule has 0 bridgehead atoms. The molecule has 0 radical (unpaired) electrons. The number of ether oxygens (including phenoxy) is 1. The van der Waals surface area contributed by atoms with Crippen LogP contribution in [0.4, 0.5) is 0 Å². The van der Waals surface area contributed by atoms with Crippen LogP contribution in [-0.2, 0) is 16.6 Å². The molecule has 1 rings (SSSR count). The highest BCUT2D eigenvalue weighted by molar-refractivity contribution is 5.94. The zero-order valence-corrected chi connectivity index (χ0v) is 8.69. The molecule has 0 aliphatic heterocycles. The van der Waals surface area contributed by atoms with Gasteiger partial charge in [-0.1, -0.05) is 0 Å². The molecule has 1 amide bonds. The Morgan fingerprint density at radius 2 is 2.33 bits per heavy atom. The minimum absolute atomic E-state index is 0.127. The van der Waals surface area contributed by atoms with Crippen molar-refractivity contribution in [3.05, 3.63) is 18.2 Å². The number of amides is 1. The molecule has 0 aromatic carbocycles. The molecule has 6 nitrogen and oxygen atoms in total. The van der Waals surface area contributed by atoms with Crippen molar-refractivity contribution in [1.29, 1.82) is 0 Å². The maximum atomic E-state index is 11.5. The van der Waals surface area contributed by atoms with Gasteiger partial charge in [-0.25, -0.2) is 4.98 Å². The Labute approximate surface area is 87.2 Å². The van der Waals surface area contributed by atoms with Gasteiger partial charge in [-0.05, 0) is 6.92 Å². The van der Waals surface area contributed by atoms with Gasteiger partial charge in [0.15, 0.2) is 0 Å². The van der Waals surface area contributed by atoms with Crippen LogP contribution in [0.2, 0.25) is 0 Å². The van der Waals surface area contributed by atoms with E-state index in [9.17, 15) is 9.59 Å². The van der Waals surface area contributed by atoms with Gasteiger partial charge in [0.25, 0.3) is 5.91 Å². The first-order valence-corrected chi connectivity index (χ1v) is 4.55. The minimum atomic E-state index is -0.451. The summed E-state index contributed by atoms with van der Waals surface area (Å²) in [6.45, 7) is 1.89. The number of esters is 1. The van der Waals surface area contributed by atoms with E-state index in [2.05, 4.69) is 15.0 Å². The topological polar surface area (TPSA) is 73.2 Å². The van der Waals surface area contributed by atoms with Crippen molar-refractivity contribution in [1.82, 2.24) is 14.9 Å². The van der Waals surface area contributed by atoms with Crippen LogP contribution in [0.1, 0.15) is 17.4 Å². The Hall–Kier alpha value is -1.85. The Balaban J connectivity index is 2.44. The van der Waals surface area contributed by atoms with Gasteiger partial charge in [0.1, 0.15) is 12.2 Å². The van der Waals surface area contributed by atoms with E-state index in [1.807, 2.05) is 0 Å². The highest BCUT2D eigenvalue weighted by Gasteiger charge is 2.11. The number of carbonyl (C=O) groups is 2. The van der Waals surface area contributed by atoms with Crippen molar-refractivity contribution in [3.63, 3.8) is 0 Å². The molecule has 0 saturated carbocycles. The maximum Gasteiger partial charge on any atom is 0.325 e. The first-order chi connectivity index (χ1) is 7.15. The minimum Gasteiger partial charge on any atom is -0.465 e. The summed E-state index contributed by atoms with van der Waals surface area (Å²) >= 11 is 0. The van der Waals surface area contributed by atoms with E-state index in [1.165, 1.54) is 12.5 Å². The van der Waals surface area contributed by atoms with Gasteiger partial charge < -0.3 is 14.6 Å². The van der Waals surface area contributed by atoms with Crippen LogP contribution in [0.25, 0.3) is 0 Å². The zero-order chi connectivity index (χ0) is 11.3. The Bertz CT molecular complexity index is 359. The number of nitrogens with zero attached hydrogens (tertiary/aromatic N) is 2. The number of hydrogen-bond donors (Lipinski definition) is 1. The van der Waals surface area contributed by atoms with Crippen LogP contribution < -0.4 is 5.32 Å². The first kappa shape index (κ1) is 11.2. The molecule has 0 unspecified atom stereocenters. The predicted molar refractivity (Wildman–Crippen MR) is 52.2 cm³/mol. The molecule has 6 heteroatoms. The Morgan fingerprint density at radius 3 is 2.87 bits per heavy atom. The zero-order valence-electron chi connectivity index (χ0n) is 8.69. The molecule has 0 aliphatic rings. The predicted octanol–water partition coefficient (Wildman–Crippen LogP) is -0.287. The molecule has 0 saturated heterocycles. The summed E-state index contributed by atoms with van der Waals surface area (Å²) in [4.78, 5) is 26.2. The highest BCUT2D eigenvalue weighted by Crippen LogP contribution is 1.95. The van der Waals surface area contributed by atoms with Gasteiger partial charge in [-0.2, -0.15) is 0 Å². The highest BCUT2D eigenvalue weighted by atomic mass is 16.5. The second kappa shape index (κ2) is 5.14. The normalized spacial score (nSPS) is 9.73. The fourth-order valence-corrected chi connectivity index (χ4v) is 1.03. The summed E-state index contributed by atoms with van der Waals surface area (Å²) in [6.07, 6.45) is 2.94. The van der Waals surface area contributed by atoms with Gasteiger partial charge in [-0.3, -0.25) is 9.59 Å². The van der Waals surface area contributed by atoms with Crippen molar-refractivity contribution in [2.45, 2.75) is 6.92 Å². The molecule has 1 heterocycles. The van der Waals surface area contributed by atoms with E-state index in [1.54, 1.807) is 18.5 Å². The quantitative estimate of drug-likeness (QED) is 0.695. The second-order valence-electron chi connectivity index (χ2n) is 2.88. The van der Waals surface area contributed by atoms with Crippen molar-refractivity contribution in [2.75, 3.05) is 13.2 Å². The van der Waals surface area contributed by atoms with Gasteiger partial charge in [0.2, 0.25) is 0 Å². The summed E-state index contributed by atoms with van der Waals surface area (Å²) < 4.78 is 6.23. The lowest BCUT2D eigenvalue weighted by Crippen LogP contribution is -2.31. The van der Waals surface area contributed by atoms with E-state index in [0.717, 1.165) is 0 Å². The van der Waals surface area contributed by atoms with E-state index < -0.39 is 5.97 Å². The smallest absolute Gasteiger partial charge is 0.325 e. The molecule has 15 heavy (non-hydrogen) atoms. The van der Waals surface area contributed by atoms with Crippen LogP contribution in [0.15, 0.2) is 12.5 Å². The van der Waals surface area contributed by atoms with Gasteiger partial charge in [0.05, 0.1) is 19.1 Å². The van der Waals surface area contributed by atoms with Crippen LogP contribution in [0.3, 0.4) is 0 Å². The van der Waals surface area contributed by atoms with E-state index in [-0.39, 0.29) is 12.5 Å². The third kappa shape index (κ3) is 3.08. The van der Waals surface area contributed by atoms with Crippen molar-refractivity contribution in [2.24, 2.45) is 7.05 Å². The van der Waals surface area contributed by atoms with E-state index >= 15 is 0 Å². The summed E-state index contributed by atoms with van der Waals surface area (Å²) in [5, 5.41) is 2.44. The number of aryl methyl sites for hydroxylation is 1. The first-order valence-electron chi connectivity index (χ1n) is 4.55. The number of nitrogens with one attached hydrogen (secondary N) is 1. The lowest BCUT2D eigenvalue weighted by molar-refractivity contribution is -0.141. The maximum absolute atomic E-state index is 11.5. The molecule has 0 spiro atoms. The molecule has 0 fully saturated rings. The van der Waals surface area contributed by atoms with Crippen LogP contribution in [-0.4, -0.2) is 34.6 Å². The molecular formula is C9H13N3O3. The summed E-state index contributed by atoms with van der Waals surface area (Å²) in [5.74, 6) is -0.795. The largest absolute Gasteiger partial charge is 0.465 e. The molecule has 1 N–H and O–H groups in total. The Morgan fingerprint density at radius 1 is 1.60 bits per heavy atom. The molecule has 1 aromatic rings. The third-order valence-electron chi connectivity index (χ3n) is 1.75. The van der Waals surface area contributed by atoms with E-state index in [4.69, 9.17) is 0 Å². The van der Waals surface area contributed by atoms with Crippen LogP contribution in [0.5, 0.6) is 0 Å². The molecule has 1 aromatic heterocycles. The van der Waals surface area contributed by atoms with Crippen molar-refractivity contribution < 1.29 is 14.3 Å². The summed E-state index contributed by atoms with van der Waals surface area (Å²) in [7, 11) is 1.70. The number of hydrogen-bond acceptors (Lipinski definition) is 4. The number of aromatic nitrogens is 2. The third-order valence-corrected chi connectivity index (χ3v) is 1.75. The van der Waals surface area contributed by atoms with Gasteiger partial charge in [-0.15, -0.1) is 0 Å². The average molecular weight is 211 g/mol. The molecule has 82 valence electrons. The SMILES string of the molecule is CCOC(=O)CNC(=O)c1cncn1C. The Kier molecular flexibility index (Phi) is 3.84. The van der Waals surface area contributed by atoms with Crippen molar-refractivity contribution in [3.8, 4) is 0 Å². The molecular weight excluding hydrogens is 198 g/mol. The number of carbonyl (C=O) groups excluding carboxylic acids is 2. The lowest BCUT2D eigenvalue weighted by Gasteiger charge is -2.04. The standard InChI is InChI=1S/C9H13N3O3/c1-3-15-8(13)5-11-9(14)7-4-10-6-12(7)2/h4,6H,3,5H2,1-2H3,(H,11,14). The van der Waals surface area contributed by atoms with Gasteiger partial charge in [0, 0.05) is 7.05 Å². The van der Waals surface area contributed by atoms with Crippen LogP contribution >= 0.6 is 0 Å². The van der Waals surface area contributed by atoms with Gasteiger partial charge >= 0.3 is 5.97 Å². The molecule has 0 atom stereocenters. The molecule has 0 aliphatic carbocycles. The fraction of sp³-hybridized carbons (Fsp3) is 0.444. The second-order valence-corrected chi connectivity index (χ2v) is 2.88. The lowest BCUT2D eigenvalue weighted by atomic mass is 10.4. The number of rotatable bonds is 4. The van der Waals surface area contributed by atoms with Crippen molar-refractivity contribution >= 4 is 11.9 Å². The summed E-state index contributed by atoms with van der Waals surface area (Å²) in [6, 6.07) is 0.